The van der Waals surface area contributed by atoms with Crippen molar-refractivity contribution in [1.82, 2.24) is 4.31 Å². The maximum absolute atomic E-state index is 12.7. The number of hydrogen-bond donors (Lipinski definition) is 2. The number of aryl methyl sites for hydroxylation is 1. The van der Waals surface area contributed by atoms with Gasteiger partial charge in [0.25, 0.3) is 0 Å². The van der Waals surface area contributed by atoms with E-state index in [1.165, 1.54) is 4.31 Å². The molecule has 1 aromatic rings. The molecule has 0 atom stereocenters. The van der Waals surface area contributed by atoms with E-state index in [0.29, 0.717) is 4.90 Å². The van der Waals surface area contributed by atoms with Gasteiger partial charge in [-0.25, -0.2) is 8.42 Å². The average molecular weight is 296 g/mol. The minimum atomic E-state index is -3.49. The van der Waals surface area contributed by atoms with Gasteiger partial charge in [0.1, 0.15) is 0 Å². The number of rotatable bonds is 5. The van der Waals surface area contributed by atoms with Gasteiger partial charge in [0.2, 0.25) is 10.0 Å². The Hall–Kier alpha value is -1.11. The summed E-state index contributed by atoms with van der Waals surface area (Å²) in [6.45, 7) is 0.988. The number of hydrogen-bond acceptors (Lipinski definition) is 4. The molecule has 5 nitrogen and oxygen atoms in total. The number of sulfonamides is 1. The second kappa shape index (κ2) is 5.35. The Morgan fingerprint density at radius 2 is 2.15 bits per heavy atom. The smallest absolute Gasteiger partial charge is 0.243 e. The second-order valence-electron chi connectivity index (χ2n) is 5.42. The molecule has 2 aliphatic rings. The van der Waals surface area contributed by atoms with Crippen LogP contribution in [0, 0.1) is 0 Å². The molecular formula is C14H20N2O3S. The van der Waals surface area contributed by atoms with E-state index in [0.717, 1.165) is 43.5 Å². The summed E-state index contributed by atoms with van der Waals surface area (Å²) in [5.74, 6) is 0. The fraction of sp³-hybridized carbons (Fsp3) is 0.571. The molecular weight excluding hydrogens is 276 g/mol. The molecule has 0 bridgehead atoms. The molecule has 3 rings (SSSR count). The highest BCUT2D eigenvalue weighted by Crippen LogP contribution is 2.33. The number of fused-ring (bicyclic) bond motifs is 1. The van der Waals surface area contributed by atoms with E-state index in [4.69, 9.17) is 5.11 Å². The number of anilines is 1. The zero-order valence-electron chi connectivity index (χ0n) is 11.4. The molecule has 0 saturated heterocycles. The lowest BCUT2D eigenvalue weighted by atomic mass is 10.0. The van der Waals surface area contributed by atoms with Crippen LogP contribution in [-0.2, 0) is 16.4 Å². The molecule has 0 unspecified atom stereocenters. The van der Waals surface area contributed by atoms with Crippen LogP contribution in [0.4, 0.5) is 5.69 Å². The van der Waals surface area contributed by atoms with Gasteiger partial charge in [-0.2, -0.15) is 4.31 Å². The molecule has 1 saturated carbocycles. The van der Waals surface area contributed by atoms with E-state index in [2.05, 4.69) is 5.32 Å². The van der Waals surface area contributed by atoms with E-state index in [1.807, 2.05) is 6.07 Å². The SMILES string of the molecule is O=S(=O)(c1ccc2c(c1)CCCN2)N(CCO)C1CC1. The first-order valence-electron chi connectivity index (χ1n) is 7.12. The maximum Gasteiger partial charge on any atom is 0.243 e. The summed E-state index contributed by atoms with van der Waals surface area (Å²) in [5, 5.41) is 12.4. The molecule has 2 N–H and O–H groups in total. The van der Waals surface area contributed by atoms with Gasteiger partial charge in [-0.05, 0) is 49.4 Å². The van der Waals surface area contributed by atoms with E-state index in [1.54, 1.807) is 12.1 Å². The summed E-state index contributed by atoms with van der Waals surface area (Å²) in [5.41, 5.74) is 2.10. The quantitative estimate of drug-likeness (QED) is 0.856. The highest BCUT2D eigenvalue weighted by molar-refractivity contribution is 7.89. The minimum absolute atomic E-state index is 0.0707. The second-order valence-corrected chi connectivity index (χ2v) is 7.31. The average Bonchev–Trinajstić information content (AvgIpc) is 3.28. The van der Waals surface area contributed by atoms with Crippen LogP contribution in [0.5, 0.6) is 0 Å². The Kier molecular flexibility index (Phi) is 3.70. The van der Waals surface area contributed by atoms with E-state index >= 15 is 0 Å². The molecule has 1 aromatic carbocycles. The van der Waals surface area contributed by atoms with Gasteiger partial charge in [0, 0.05) is 24.8 Å². The maximum atomic E-state index is 12.7. The van der Waals surface area contributed by atoms with Gasteiger partial charge in [-0.1, -0.05) is 0 Å². The molecule has 0 spiro atoms. The standard InChI is InChI=1S/C14H20N2O3S/c17-9-8-16(12-3-4-12)20(18,19)13-5-6-14-11(10-13)2-1-7-15-14/h5-6,10,12,15,17H,1-4,7-9H2. The zero-order chi connectivity index (χ0) is 14.2. The molecule has 1 fully saturated rings. The Morgan fingerprint density at radius 1 is 1.35 bits per heavy atom. The third-order valence-electron chi connectivity index (χ3n) is 3.90. The highest BCUT2D eigenvalue weighted by atomic mass is 32.2. The van der Waals surface area contributed by atoms with Gasteiger partial charge < -0.3 is 10.4 Å². The van der Waals surface area contributed by atoms with Crippen LogP contribution in [0.2, 0.25) is 0 Å². The van der Waals surface area contributed by atoms with Crippen LogP contribution in [0.3, 0.4) is 0 Å². The van der Waals surface area contributed by atoms with Crippen LogP contribution < -0.4 is 5.32 Å². The largest absolute Gasteiger partial charge is 0.395 e. The normalized spacial score (nSPS) is 18.7. The fourth-order valence-electron chi connectivity index (χ4n) is 2.71. The van der Waals surface area contributed by atoms with Crippen molar-refractivity contribution in [1.29, 1.82) is 0 Å². The summed E-state index contributed by atoms with van der Waals surface area (Å²) >= 11 is 0. The van der Waals surface area contributed by atoms with Crippen LogP contribution in [0.1, 0.15) is 24.8 Å². The van der Waals surface area contributed by atoms with Crippen molar-refractivity contribution in [2.24, 2.45) is 0 Å². The van der Waals surface area contributed by atoms with Crippen molar-refractivity contribution in [3.8, 4) is 0 Å². The van der Waals surface area contributed by atoms with Crippen molar-refractivity contribution in [2.75, 3.05) is 25.0 Å². The number of nitrogens with one attached hydrogen (secondary N) is 1. The number of aliphatic hydroxyl groups excluding tert-OH is 1. The van der Waals surface area contributed by atoms with Crippen molar-refractivity contribution in [3.05, 3.63) is 23.8 Å². The van der Waals surface area contributed by atoms with Crippen LogP contribution in [-0.4, -0.2) is 43.6 Å². The first-order chi connectivity index (χ1) is 9.63. The van der Waals surface area contributed by atoms with Crippen LogP contribution >= 0.6 is 0 Å². The molecule has 0 radical (unpaired) electrons. The van der Waals surface area contributed by atoms with Crippen molar-refractivity contribution >= 4 is 15.7 Å². The van der Waals surface area contributed by atoms with Gasteiger partial charge >= 0.3 is 0 Å². The van der Waals surface area contributed by atoms with Crippen molar-refractivity contribution < 1.29 is 13.5 Å². The summed E-state index contributed by atoms with van der Waals surface area (Å²) in [7, 11) is -3.49. The predicted octanol–water partition coefficient (Wildman–Crippen LogP) is 1.19. The summed E-state index contributed by atoms with van der Waals surface area (Å²) < 4.78 is 26.8. The number of benzene rings is 1. The van der Waals surface area contributed by atoms with Gasteiger partial charge in [-0.15, -0.1) is 0 Å². The van der Waals surface area contributed by atoms with E-state index in [9.17, 15) is 8.42 Å². The van der Waals surface area contributed by atoms with E-state index in [-0.39, 0.29) is 19.2 Å². The minimum Gasteiger partial charge on any atom is -0.395 e. The molecule has 20 heavy (non-hydrogen) atoms. The lowest BCUT2D eigenvalue weighted by Crippen LogP contribution is -2.35. The first-order valence-corrected chi connectivity index (χ1v) is 8.56. The van der Waals surface area contributed by atoms with Crippen LogP contribution in [0.15, 0.2) is 23.1 Å². The molecule has 1 aliphatic heterocycles. The summed E-state index contributed by atoms with van der Waals surface area (Å²) in [4.78, 5) is 0.347. The lowest BCUT2D eigenvalue weighted by Gasteiger charge is -2.23. The number of aliphatic hydroxyl groups is 1. The van der Waals surface area contributed by atoms with Crippen LogP contribution in [0.25, 0.3) is 0 Å². The Balaban J connectivity index is 1.93. The Morgan fingerprint density at radius 3 is 2.85 bits per heavy atom. The van der Waals surface area contributed by atoms with Gasteiger partial charge in [0.05, 0.1) is 11.5 Å². The third kappa shape index (κ3) is 2.55. The van der Waals surface area contributed by atoms with E-state index < -0.39 is 10.0 Å². The highest BCUT2D eigenvalue weighted by Gasteiger charge is 2.37. The fourth-order valence-corrected chi connectivity index (χ4v) is 4.43. The topological polar surface area (TPSA) is 69.6 Å². The Labute approximate surface area is 119 Å². The zero-order valence-corrected chi connectivity index (χ0v) is 12.2. The van der Waals surface area contributed by atoms with Crippen molar-refractivity contribution in [2.45, 2.75) is 36.6 Å². The third-order valence-corrected chi connectivity index (χ3v) is 5.84. The molecule has 0 amide bonds. The van der Waals surface area contributed by atoms with Crippen molar-refractivity contribution in [3.63, 3.8) is 0 Å². The lowest BCUT2D eigenvalue weighted by molar-refractivity contribution is 0.250. The molecule has 110 valence electrons. The first kappa shape index (κ1) is 13.9. The molecule has 1 aliphatic carbocycles. The van der Waals surface area contributed by atoms with Gasteiger partial charge in [-0.3, -0.25) is 0 Å². The molecule has 6 heteroatoms. The van der Waals surface area contributed by atoms with Gasteiger partial charge in [0.15, 0.2) is 0 Å². The molecule has 1 heterocycles. The monoisotopic (exact) mass is 296 g/mol. The number of nitrogens with zero attached hydrogens (tertiary/aromatic N) is 1. The predicted molar refractivity (Wildman–Crippen MR) is 77.3 cm³/mol. The summed E-state index contributed by atoms with van der Waals surface area (Å²) in [6.07, 6.45) is 3.73. The summed E-state index contributed by atoms with van der Waals surface area (Å²) in [6, 6.07) is 5.37. The molecule has 0 aromatic heterocycles. The Bertz CT molecular complexity index is 596.